The number of carbonyl (C=O) groups is 2. The van der Waals surface area contributed by atoms with E-state index in [0.717, 1.165) is 72.8 Å². The van der Waals surface area contributed by atoms with Crippen LogP contribution in [0.25, 0.3) is 0 Å². The maximum Gasteiger partial charge on any atom is 0.303 e. The molecule has 1 saturated carbocycles. The second-order valence-corrected chi connectivity index (χ2v) is 11.0. The van der Waals surface area contributed by atoms with Gasteiger partial charge in [-0.2, -0.15) is 0 Å². The van der Waals surface area contributed by atoms with Gasteiger partial charge in [0.15, 0.2) is 0 Å². The van der Waals surface area contributed by atoms with Crippen molar-refractivity contribution in [3.05, 3.63) is 83.4 Å². The summed E-state index contributed by atoms with van der Waals surface area (Å²) in [5, 5.41) is 12.4. The van der Waals surface area contributed by atoms with Crippen LogP contribution in [-0.2, 0) is 4.79 Å². The number of anilines is 2. The minimum absolute atomic E-state index is 0.0596. The van der Waals surface area contributed by atoms with Gasteiger partial charge in [-0.15, -0.1) is 0 Å². The lowest BCUT2D eigenvalue weighted by atomic mass is 9.91. The number of carboxylic acids is 1. The van der Waals surface area contributed by atoms with Crippen LogP contribution in [0, 0.1) is 18.8 Å². The van der Waals surface area contributed by atoms with Crippen molar-refractivity contribution in [1.29, 1.82) is 0 Å². The van der Waals surface area contributed by atoms with E-state index < -0.39 is 5.97 Å². The van der Waals surface area contributed by atoms with Gasteiger partial charge in [-0.1, -0.05) is 30.3 Å². The molecule has 5 rings (SSSR count). The molecule has 3 aromatic carbocycles. The van der Waals surface area contributed by atoms with Crippen molar-refractivity contribution < 1.29 is 24.2 Å². The monoisotopic (exact) mass is 542 g/mol. The fourth-order valence-corrected chi connectivity index (χ4v) is 5.63. The van der Waals surface area contributed by atoms with Gasteiger partial charge in [-0.25, -0.2) is 0 Å². The number of amides is 1. The number of aryl methyl sites for hydroxylation is 1. The van der Waals surface area contributed by atoms with Crippen molar-refractivity contribution in [2.45, 2.75) is 44.9 Å². The van der Waals surface area contributed by atoms with Crippen LogP contribution in [0.1, 0.15) is 59.5 Å². The van der Waals surface area contributed by atoms with Crippen LogP contribution in [-0.4, -0.2) is 43.8 Å². The first-order valence-corrected chi connectivity index (χ1v) is 14.2. The fourth-order valence-electron chi connectivity index (χ4n) is 5.63. The fraction of sp³-hybridized carbons (Fsp3) is 0.394. The lowest BCUT2D eigenvalue weighted by Crippen LogP contribution is -2.36. The Labute approximate surface area is 236 Å². The molecular weight excluding hydrogens is 504 g/mol. The third kappa shape index (κ3) is 6.76. The standard InChI is InChI=1S/C33H38N2O5/c1-22-6-3-4-9-30(22)34-33(38)28-13-12-26(39-2)19-31(28)35-16-14-23(15-17-35)21-40-27-8-5-7-25(18-27)29(20-32(36)37)24-10-11-24/h3-9,12-13,18-19,23-24,29H,10-11,14-17,20-21H2,1-2H3,(H,34,38)(H,36,37). The first kappa shape index (κ1) is 27.6. The zero-order valence-electron chi connectivity index (χ0n) is 23.3. The molecule has 1 aliphatic heterocycles. The molecule has 2 aliphatic rings. The highest BCUT2D eigenvalue weighted by Crippen LogP contribution is 2.45. The van der Waals surface area contributed by atoms with E-state index in [1.165, 1.54) is 0 Å². The van der Waals surface area contributed by atoms with Gasteiger partial charge in [0.25, 0.3) is 5.91 Å². The summed E-state index contributed by atoms with van der Waals surface area (Å²) in [7, 11) is 1.64. The lowest BCUT2D eigenvalue weighted by Gasteiger charge is -2.34. The van der Waals surface area contributed by atoms with E-state index in [9.17, 15) is 14.7 Å². The number of ether oxygens (including phenoxy) is 2. The molecule has 0 spiro atoms. The number of aliphatic carboxylic acids is 1. The Balaban J connectivity index is 1.21. The summed E-state index contributed by atoms with van der Waals surface area (Å²) in [5.41, 5.74) is 4.39. The first-order valence-electron chi connectivity index (χ1n) is 14.2. The van der Waals surface area contributed by atoms with Crippen LogP contribution in [0.3, 0.4) is 0 Å². The Morgan fingerprint density at radius 3 is 2.45 bits per heavy atom. The Hall–Kier alpha value is -4.00. The van der Waals surface area contributed by atoms with E-state index in [4.69, 9.17) is 9.47 Å². The van der Waals surface area contributed by atoms with Crippen molar-refractivity contribution in [1.82, 2.24) is 0 Å². The topological polar surface area (TPSA) is 88.1 Å². The predicted octanol–water partition coefficient (Wildman–Crippen LogP) is 6.52. The number of nitrogens with zero attached hydrogens (tertiary/aromatic N) is 1. The van der Waals surface area contributed by atoms with Gasteiger partial charge in [0.1, 0.15) is 11.5 Å². The van der Waals surface area contributed by atoms with E-state index in [1.54, 1.807) is 7.11 Å². The average molecular weight is 543 g/mol. The minimum atomic E-state index is -0.748. The SMILES string of the molecule is COc1ccc(C(=O)Nc2ccccc2C)c(N2CCC(COc3cccc(C(CC(=O)O)C4CC4)c3)CC2)c1. The second-order valence-electron chi connectivity index (χ2n) is 11.0. The molecule has 2 N–H and O–H groups in total. The van der Waals surface area contributed by atoms with E-state index in [2.05, 4.69) is 10.2 Å². The predicted molar refractivity (Wildman–Crippen MR) is 157 cm³/mol. The Morgan fingerprint density at radius 1 is 0.975 bits per heavy atom. The Bertz CT molecular complexity index is 1340. The molecule has 1 aliphatic carbocycles. The van der Waals surface area contributed by atoms with E-state index in [1.807, 2.05) is 73.7 Å². The van der Waals surface area contributed by atoms with E-state index in [0.29, 0.717) is 24.0 Å². The number of rotatable bonds is 11. The van der Waals surface area contributed by atoms with Crippen LogP contribution in [0.15, 0.2) is 66.7 Å². The van der Waals surface area contributed by atoms with Crippen LogP contribution < -0.4 is 19.7 Å². The summed E-state index contributed by atoms with van der Waals surface area (Å²) < 4.78 is 11.7. The van der Waals surface area contributed by atoms with Gasteiger partial charge >= 0.3 is 5.97 Å². The minimum Gasteiger partial charge on any atom is -0.497 e. The summed E-state index contributed by atoms with van der Waals surface area (Å²) >= 11 is 0. The molecule has 0 radical (unpaired) electrons. The summed E-state index contributed by atoms with van der Waals surface area (Å²) in [5.74, 6) is 1.57. The van der Waals surface area contributed by atoms with Crippen LogP contribution >= 0.6 is 0 Å². The first-order chi connectivity index (χ1) is 19.4. The normalized spacial score (nSPS) is 16.3. The van der Waals surface area contributed by atoms with Gasteiger partial charge in [0, 0.05) is 24.8 Å². The molecule has 1 saturated heterocycles. The molecular formula is C33H38N2O5. The number of hydrogen-bond donors (Lipinski definition) is 2. The molecule has 2 fully saturated rings. The maximum absolute atomic E-state index is 13.3. The van der Waals surface area contributed by atoms with Crippen LogP contribution in [0.5, 0.6) is 11.5 Å². The van der Waals surface area contributed by atoms with Crippen molar-refractivity contribution in [3.63, 3.8) is 0 Å². The van der Waals surface area contributed by atoms with Crippen molar-refractivity contribution in [2.24, 2.45) is 11.8 Å². The quantitative estimate of drug-likeness (QED) is 0.287. The highest BCUT2D eigenvalue weighted by molar-refractivity contribution is 6.08. The largest absolute Gasteiger partial charge is 0.497 e. The number of para-hydroxylation sites is 1. The second kappa shape index (κ2) is 12.5. The molecule has 1 heterocycles. The molecule has 7 heteroatoms. The molecule has 0 aromatic heterocycles. The van der Waals surface area contributed by atoms with E-state index in [-0.39, 0.29) is 18.2 Å². The highest BCUT2D eigenvalue weighted by Gasteiger charge is 2.34. The Kier molecular flexibility index (Phi) is 8.58. The van der Waals surface area contributed by atoms with Gasteiger partial charge in [0.05, 0.1) is 31.4 Å². The maximum atomic E-state index is 13.3. The van der Waals surface area contributed by atoms with Crippen LogP contribution in [0.4, 0.5) is 11.4 Å². The highest BCUT2D eigenvalue weighted by atomic mass is 16.5. The van der Waals surface area contributed by atoms with Gasteiger partial charge in [-0.3, -0.25) is 9.59 Å². The number of benzene rings is 3. The molecule has 1 amide bonds. The molecule has 1 unspecified atom stereocenters. The number of piperidine rings is 1. The van der Waals surface area contributed by atoms with Gasteiger partial charge in [0.2, 0.25) is 0 Å². The average Bonchev–Trinajstić information content (AvgIpc) is 3.81. The lowest BCUT2D eigenvalue weighted by molar-refractivity contribution is -0.137. The zero-order chi connectivity index (χ0) is 28.1. The number of carbonyl (C=O) groups excluding carboxylic acids is 1. The molecule has 40 heavy (non-hydrogen) atoms. The van der Waals surface area contributed by atoms with Crippen LogP contribution in [0.2, 0.25) is 0 Å². The van der Waals surface area contributed by atoms with Crippen molar-refractivity contribution in [2.75, 3.05) is 37.0 Å². The van der Waals surface area contributed by atoms with E-state index >= 15 is 0 Å². The summed E-state index contributed by atoms with van der Waals surface area (Å²) in [4.78, 5) is 27.0. The number of carboxylic acid groups (broad SMARTS) is 1. The molecule has 3 aromatic rings. The summed E-state index contributed by atoms with van der Waals surface area (Å²) in [6.07, 6.45) is 4.26. The van der Waals surface area contributed by atoms with Gasteiger partial charge < -0.3 is 24.8 Å². The molecule has 1 atom stereocenters. The Morgan fingerprint density at radius 2 is 1.75 bits per heavy atom. The number of methoxy groups -OCH3 is 1. The third-order valence-electron chi connectivity index (χ3n) is 8.16. The summed E-state index contributed by atoms with van der Waals surface area (Å²) in [6.45, 7) is 4.22. The smallest absolute Gasteiger partial charge is 0.303 e. The molecule has 0 bridgehead atoms. The van der Waals surface area contributed by atoms with Gasteiger partial charge in [-0.05, 0) is 91.8 Å². The number of nitrogens with one attached hydrogen (secondary N) is 1. The third-order valence-corrected chi connectivity index (χ3v) is 8.16. The number of hydrogen-bond acceptors (Lipinski definition) is 5. The molecule has 210 valence electrons. The zero-order valence-corrected chi connectivity index (χ0v) is 23.3. The van der Waals surface area contributed by atoms with Crippen molar-refractivity contribution >= 4 is 23.3 Å². The van der Waals surface area contributed by atoms with Crippen molar-refractivity contribution in [3.8, 4) is 11.5 Å². The molecule has 7 nitrogen and oxygen atoms in total. The summed E-state index contributed by atoms with van der Waals surface area (Å²) in [6, 6.07) is 21.4.